The summed E-state index contributed by atoms with van der Waals surface area (Å²) in [6.07, 6.45) is 2.13. The molecule has 1 saturated heterocycles. The van der Waals surface area contributed by atoms with Gasteiger partial charge in [0.05, 0.1) is 19.3 Å². The van der Waals surface area contributed by atoms with E-state index in [-0.39, 0.29) is 18.4 Å². The molecule has 6 heteroatoms. The van der Waals surface area contributed by atoms with Crippen molar-refractivity contribution < 1.29 is 9.90 Å². The van der Waals surface area contributed by atoms with Gasteiger partial charge in [-0.1, -0.05) is 0 Å². The number of carbonyl (C=O) groups is 1. The van der Waals surface area contributed by atoms with Crippen LogP contribution in [0.2, 0.25) is 0 Å². The van der Waals surface area contributed by atoms with Gasteiger partial charge >= 0.3 is 0 Å². The molecule has 0 bridgehead atoms. The smallest absolute Gasteiger partial charge is 0.228 e. The maximum absolute atomic E-state index is 11.8. The van der Waals surface area contributed by atoms with Crippen LogP contribution in [0, 0.1) is 5.92 Å². The Morgan fingerprint density at radius 1 is 1.62 bits per heavy atom. The highest BCUT2D eigenvalue weighted by Crippen LogP contribution is 2.23. The third-order valence-corrected chi connectivity index (χ3v) is 2.82. The van der Waals surface area contributed by atoms with Gasteiger partial charge in [0.15, 0.2) is 0 Å². The van der Waals surface area contributed by atoms with Crippen LogP contribution in [-0.2, 0) is 11.3 Å². The molecule has 88 valence electrons. The highest BCUT2D eigenvalue weighted by Gasteiger charge is 2.31. The Labute approximate surface area is 93.6 Å². The minimum Gasteiger partial charge on any atom is -0.394 e. The third-order valence-electron chi connectivity index (χ3n) is 2.82. The van der Waals surface area contributed by atoms with Crippen LogP contribution < -0.4 is 10.6 Å². The minimum atomic E-state index is 0.0109. The molecule has 1 aromatic rings. The van der Waals surface area contributed by atoms with Crippen molar-refractivity contribution in [3.63, 3.8) is 0 Å². The summed E-state index contributed by atoms with van der Waals surface area (Å²) in [5.41, 5.74) is 5.57. The molecule has 2 rings (SSSR count). The van der Waals surface area contributed by atoms with Gasteiger partial charge < -0.3 is 10.8 Å². The van der Waals surface area contributed by atoms with Crippen molar-refractivity contribution in [3.05, 3.63) is 12.3 Å². The van der Waals surface area contributed by atoms with Gasteiger partial charge in [-0.2, -0.15) is 5.10 Å². The summed E-state index contributed by atoms with van der Waals surface area (Å²) < 4.78 is 1.64. The van der Waals surface area contributed by atoms with Crippen LogP contribution in [-0.4, -0.2) is 40.5 Å². The lowest BCUT2D eigenvalue weighted by molar-refractivity contribution is -0.117. The number of carbonyl (C=O) groups excluding carboxylic acids is 1. The maximum atomic E-state index is 11.8. The summed E-state index contributed by atoms with van der Waals surface area (Å²) in [6, 6.07) is 1.78. The first-order valence-corrected chi connectivity index (χ1v) is 5.39. The number of aliphatic hydroxyl groups is 1. The lowest BCUT2D eigenvalue weighted by atomic mass is 10.1. The molecular weight excluding hydrogens is 208 g/mol. The van der Waals surface area contributed by atoms with E-state index < -0.39 is 0 Å². The number of anilines is 1. The molecule has 2 heterocycles. The van der Waals surface area contributed by atoms with E-state index in [9.17, 15) is 4.79 Å². The van der Waals surface area contributed by atoms with E-state index in [2.05, 4.69) is 5.10 Å². The van der Waals surface area contributed by atoms with Gasteiger partial charge in [-0.25, -0.2) is 4.68 Å². The largest absolute Gasteiger partial charge is 0.394 e. The predicted molar refractivity (Wildman–Crippen MR) is 58.8 cm³/mol. The summed E-state index contributed by atoms with van der Waals surface area (Å²) in [4.78, 5) is 13.5. The Hall–Kier alpha value is -1.40. The van der Waals surface area contributed by atoms with Gasteiger partial charge in [0, 0.05) is 19.0 Å². The second kappa shape index (κ2) is 4.63. The molecule has 0 spiro atoms. The Morgan fingerprint density at radius 3 is 3.06 bits per heavy atom. The Morgan fingerprint density at radius 2 is 2.44 bits per heavy atom. The summed E-state index contributed by atoms with van der Waals surface area (Å²) in [5.74, 6) is 1.05. The first-order valence-electron chi connectivity index (χ1n) is 5.39. The molecule has 0 saturated carbocycles. The van der Waals surface area contributed by atoms with Crippen molar-refractivity contribution in [2.75, 3.05) is 24.6 Å². The molecule has 1 atom stereocenters. The van der Waals surface area contributed by atoms with Crippen molar-refractivity contribution in [3.8, 4) is 0 Å². The molecule has 1 aromatic heterocycles. The number of hydrogen-bond acceptors (Lipinski definition) is 4. The molecule has 6 nitrogen and oxygen atoms in total. The van der Waals surface area contributed by atoms with E-state index in [0.29, 0.717) is 26.1 Å². The molecule has 3 N–H and O–H groups in total. The van der Waals surface area contributed by atoms with Crippen molar-refractivity contribution in [2.45, 2.75) is 13.0 Å². The fourth-order valence-electron chi connectivity index (χ4n) is 1.98. The Balaban J connectivity index is 2.17. The van der Waals surface area contributed by atoms with Crippen LogP contribution in [0.15, 0.2) is 12.3 Å². The van der Waals surface area contributed by atoms with Crippen LogP contribution >= 0.6 is 0 Å². The van der Waals surface area contributed by atoms with Gasteiger partial charge in [0.2, 0.25) is 5.91 Å². The zero-order chi connectivity index (χ0) is 11.5. The molecule has 16 heavy (non-hydrogen) atoms. The van der Waals surface area contributed by atoms with E-state index in [1.54, 1.807) is 21.8 Å². The van der Waals surface area contributed by atoms with Gasteiger partial charge in [-0.05, 0) is 12.5 Å². The Kier molecular flexibility index (Phi) is 3.21. The summed E-state index contributed by atoms with van der Waals surface area (Å²) >= 11 is 0. The molecule has 1 aliphatic rings. The predicted octanol–water partition coefficient (Wildman–Crippen LogP) is -0.813. The number of hydrogen-bond donors (Lipinski definition) is 2. The molecule has 0 radical (unpaired) electrons. The topological polar surface area (TPSA) is 84.4 Å². The molecule has 1 aliphatic heterocycles. The SMILES string of the molecule is NCC1CC(=O)N(c2ccnn2CCO)C1. The number of aliphatic hydroxyl groups excluding tert-OH is 1. The zero-order valence-electron chi connectivity index (χ0n) is 9.04. The third kappa shape index (κ3) is 1.94. The van der Waals surface area contributed by atoms with Gasteiger partial charge in [-0.3, -0.25) is 9.69 Å². The highest BCUT2D eigenvalue weighted by molar-refractivity contribution is 5.94. The molecule has 1 amide bonds. The van der Waals surface area contributed by atoms with Crippen LogP contribution in [0.1, 0.15) is 6.42 Å². The zero-order valence-corrected chi connectivity index (χ0v) is 9.04. The Bertz CT molecular complexity index is 377. The van der Waals surface area contributed by atoms with Gasteiger partial charge in [-0.15, -0.1) is 0 Å². The summed E-state index contributed by atoms with van der Waals surface area (Å²) in [7, 11) is 0. The lowest BCUT2D eigenvalue weighted by Gasteiger charge is -2.17. The number of nitrogens with zero attached hydrogens (tertiary/aromatic N) is 3. The number of rotatable bonds is 4. The fourth-order valence-corrected chi connectivity index (χ4v) is 1.98. The van der Waals surface area contributed by atoms with Crippen molar-refractivity contribution in [2.24, 2.45) is 11.7 Å². The van der Waals surface area contributed by atoms with Gasteiger partial charge in [0.25, 0.3) is 0 Å². The van der Waals surface area contributed by atoms with E-state index in [4.69, 9.17) is 10.8 Å². The highest BCUT2D eigenvalue weighted by atomic mass is 16.3. The first kappa shape index (κ1) is 11.1. The van der Waals surface area contributed by atoms with Gasteiger partial charge in [0.1, 0.15) is 5.82 Å². The second-order valence-corrected chi connectivity index (χ2v) is 3.95. The maximum Gasteiger partial charge on any atom is 0.228 e. The average molecular weight is 224 g/mol. The summed E-state index contributed by atoms with van der Waals surface area (Å²) in [6.45, 7) is 1.58. The van der Waals surface area contributed by atoms with Crippen LogP contribution in [0.3, 0.4) is 0 Å². The van der Waals surface area contributed by atoms with Crippen LogP contribution in [0.25, 0.3) is 0 Å². The molecule has 1 fully saturated rings. The lowest BCUT2D eigenvalue weighted by Crippen LogP contribution is -2.28. The molecular formula is C10H16N4O2. The second-order valence-electron chi connectivity index (χ2n) is 3.95. The molecule has 0 aliphatic carbocycles. The van der Waals surface area contributed by atoms with Crippen molar-refractivity contribution in [1.82, 2.24) is 9.78 Å². The number of amides is 1. The molecule has 0 aromatic carbocycles. The van der Waals surface area contributed by atoms with Crippen molar-refractivity contribution >= 4 is 11.7 Å². The average Bonchev–Trinajstić information content (AvgIpc) is 2.85. The van der Waals surface area contributed by atoms with E-state index in [0.717, 1.165) is 5.82 Å². The minimum absolute atomic E-state index is 0.0109. The normalized spacial score (nSPS) is 20.8. The quantitative estimate of drug-likeness (QED) is 0.700. The monoisotopic (exact) mass is 224 g/mol. The number of nitrogens with two attached hydrogens (primary N) is 1. The fraction of sp³-hybridized carbons (Fsp3) is 0.600. The van der Waals surface area contributed by atoms with E-state index in [1.807, 2.05) is 0 Å². The number of aromatic nitrogens is 2. The summed E-state index contributed by atoms with van der Waals surface area (Å²) in [5, 5.41) is 13.0. The molecule has 1 unspecified atom stereocenters. The van der Waals surface area contributed by atoms with E-state index >= 15 is 0 Å². The van der Waals surface area contributed by atoms with E-state index in [1.165, 1.54) is 0 Å². The van der Waals surface area contributed by atoms with Crippen molar-refractivity contribution in [1.29, 1.82) is 0 Å². The standard InChI is InChI=1S/C10H16N4O2/c11-6-8-5-10(16)13(7-8)9-1-2-12-14(9)3-4-15/h1-2,8,15H,3-7,11H2. The van der Waals surface area contributed by atoms with Crippen LogP contribution in [0.5, 0.6) is 0 Å². The van der Waals surface area contributed by atoms with Crippen LogP contribution in [0.4, 0.5) is 5.82 Å². The first-order chi connectivity index (χ1) is 7.76.